The Morgan fingerprint density at radius 1 is 1.14 bits per heavy atom. The fourth-order valence-electron chi connectivity index (χ4n) is 0.893. The minimum atomic E-state index is 0.540. The molecule has 0 aromatic rings. The van der Waals surface area contributed by atoms with E-state index in [2.05, 4.69) is 19.9 Å². The first-order valence-electron chi connectivity index (χ1n) is 5.27. The minimum absolute atomic E-state index is 0.540. The van der Waals surface area contributed by atoms with Gasteiger partial charge in [0.05, 0.1) is 6.26 Å². The van der Waals surface area contributed by atoms with Crippen molar-refractivity contribution >= 4 is 0 Å². The maximum Gasteiger partial charge on any atom is 0.0820 e. The Labute approximate surface area is 88.8 Å². The average Bonchev–Trinajstić information content (AvgIpc) is 2.21. The number of hydrogen-bond donors (Lipinski definition) is 1. The predicted octanol–water partition coefficient (Wildman–Crippen LogP) is 4.63. The van der Waals surface area contributed by atoms with Gasteiger partial charge in [-0.2, -0.15) is 0 Å². The molecule has 0 aromatic heterocycles. The molecule has 0 amide bonds. The molecule has 0 aliphatic carbocycles. The molecule has 0 saturated carbocycles. The lowest BCUT2D eigenvalue weighted by Gasteiger charge is -2.04. The zero-order valence-corrected chi connectivity index (χ0v) is 10.3. The summed E-state index contributed by atoms with van der Waals surface area (Å²) in [6.45, 7) is 12.2. The van der Waals surface area contributed by atoms with Crippen LogP contribution in [0.15, 0.2) is 35.6 Å². The molecule has 0 radical (unpaired) electrons. The van der Waals surface area contributed by atoms with Crippen molar-refractivity contribution in [2.75, 3.05) is 0 Å². The third kappa shape index (κ3) is 7.66. The first-order valence-corrected chi connectivity index (χ1v) is 5.27. The van der Waals surface area contributed by atoms with E-state index in [1.165, 1.54) is 5.57 Å². The van der Waals surface area contributed by atoms with Gasteiger partial charge in [0, 0.05) is 0 Å². The van der Waals surface area contributed by atoms with Gasteiger partial charge in [-0.15, -0.1) is 0 Å². The topological polar surface area (TPSA) is 20.2 Å². The first-order chi connectivity index (χ1) is 6.61. The quantitative estimate of drug-likeness (QED) is 0.515. The van der Waals surface area contributed by atoms with Crippen molar-refractivity contribution in [3.8, 4) is 0 Å². The van der Waals surface area contributed by atoms with Gasteiger partial charge in [0.2, 0.25) is 0 Å². The molecule has 0 rings (SSSR count). The molecule has 0 fully saturated rings. The third-order valence-corrected chi connectivity index (χ3v) is 1.74. The van der Waals surface area contributed by atoms with Crippen LogP contribution >= 0.6 is 0 Å². The molecule has 0 heterocycles. The van der Waals surface area contributed by atoms with Gasteiger partial charge in [-0.25, -0.2) is 0 Å². The van der Waals surface area contributed by atoms with Gasteiger partial charge in [0.1, 0.15) is 0 Å². The molecule has 1 N–H and O–H groups in total. The Hall–Kier alpha value is -0.980. The molecule has 0 aliphatic rings. The SMILES string of the molecule is CC.C\C=C(/C=C\C(C)=C\O)C(C)C. The molecule has 0 spiro atoms. The monoisotopic (exact) mass is 196 g/mol. The lowest BCUT2D eigenvalue weighted by atomic mass is 10.0. The van der Waals surface area contributed by atoms with Gasteiger partial charge < -0.3 is 5.11 Å². The Morgan fingerprint density at radius 2 is 1.64 bits per heavy atom. The molecule has 14 heavy (non-hydrogen) atoms. The molecule has 0 bridgehead atoms. The van der Waals surface area contributed by atoms with E-state index in [9.17, 15) is 0 Å². The molecule has 82 valence electrons. The van der Waals surface area contributed by atoms with Crippen LogP contribution in [0, 0.1) is 5.92 Å². The molecule has 1 nitrogen and oxygen atoms in total. The van der Waals surface area contributed by atoms with E-state index in [0.29, 0.717) is 5.92 Å². The number of rotatable bonds is 3. The zero-order valence-electron chi connectivity index (χ0n) is 10.3. The van der Waals surface area contributed by atoms with E-state index in [-0.39, 0.29) is 0 Å². The summed E-state index contributed by atoms with van der Waals surface area (Å²) in [4.78, 5) is 0. The van der Waals surface area contributed by atoms with Crippen LogP contribution in [0.3, 0.4) is 0 Å². The van der Waals surface area contributed by atoms with E-state index >= 15 is 0 Å². The molecule has 0 saturated heterocycles. The molecule has 1 heteroatoms. The first kappa shape index (κ1) is 15.5. The van der Waals surface area contributed by atoms with Crippen molar-refractivity contribution in [3.05, 3.63) is 35.6 Å². The molecule has 0 aromatic carbocycles. The minimum Gasteiger partial charge on any atom is -0.515 e. The Morgan fingerprint density at radius 3 is 1.93 bits per heavy atom. The lowest BCUT2D eigenvalue weighted by Crippen LogP contribution is -1.89. The molecular weight excluding hydrogens is 172 g/mol. The Balaban J connectivity index is 0. The smallest absolute Gasteiger partial charge is 0.0820 e. The molecule has 0 atom stereocenters. The van der Waals surface area contributed by atoms with Crippen molar-refractivity contribution < 1.29 is 5.11 Å². The second-order valence-electron chi connectivity index (χ2n) is 3.15. The van der Waals surface area contributed by atoms with Crippen molar-refractivity contribution in [1.29, 1.82) is 0 Å². The van der Waals surface area contributed by atoms with Crippen molar-refractivity contribution in [3.63, 3.8) is 0 Å². The van der Waals surface area contributed by atoms with Gasteiger partial charge in [0.15, 0.2) is 0 Å². The zero-order chi connectivity index (χ0) is 11.6. The fraction of sp³-hybridized carbons (Fsp3) is 0.538. The summed E-state index contributed by atoms with van der Waals surface area (Å²) in [5.41, 5.74) is 2.16. The van der Waals surface area contributed by atoms with E-state index in [1.807, 2.05) is 39.8 Å². The van der Waals surface area contributed by atoms with Crippen LogP contribution < -0.4 is 0 Å². The maximum atomic E-state index is 8.63. The third-order valence-electron chi connectivity index (χ3n) is 1.74. The highest BCUT2D eigenvalue weighted by molar-refractivity contribution is 5.26. The summed E-state index contributed by atoms with van der Waals surface area (Å²) < 4.78 is 0. The number of aliphatic hydroxyl groups is 1. The van der Waals surface area contributed by atoms with Crippen molar-refractivity contribution in [1.82, 2.24) is 0 Å². The van der Waals surface area contributed by atoms with Gasteiger partial charge >= 0.3 is 0 Å². The summed E-state index contributed by atoms with van der Waals surface area (Å²) in [6, 6.07) is 0. The van der Waals surface area contributed by atoms with Crippen LogP contribution in [-0.2, 0) is 0 Å². The second-order valence-corrected chi connectivity index (χ2v) is 3.15. The number of aliphatic hydroxyl groups excluding tert-OH is 1. The van der Waals surface area contributed by atoms with E-state index < -0.39 is 0 Å². The highest BCUT2D eigenvalue weighted by Crippen LogP contribution is 2.11. The van der Waals surface area contributed by atoms with Gasteiger partial charge in [-0.3, -0.25) is 0 Å². The Kier molecular flexibility index (Phi) is 11.2. The second kappa shape index (κ2) is 10.1. The van der Waals surface area contributed by atoms with Crippen LogP contribution in [0.2, 0.25) is 0 Å². The largest absolute Gasteiger partial charge is 0.515 e. The summed E-state index contributed by atoms with van der Waals surface area (Å²) in [5.74, 6) is 0.540. The maximum absolute atomic E-state index is 8.63. The Bertz CT molecular complexity index is 207. The highest BCUT2D eigenvalue weighted by Gasteiger charge is 1.95. The summed E-state index contributed by atoms with van der Waals surface area (Å²) in [7, 11) is 0. The summed E-state index contributed by atoms with van der Waals surface area (Å²) >= 11 is 0. The number of hydrogen-bond acceptors (Lipinski definition) is 1. The lowest BCUT2D eigenvalue weighted by molar-refractivity contribution is 0.469. The van der Waals surface area contributed by atoms with E-state index in [4.69, 9.17) is 5.11 Å². The van der Waals surface area contributed by atoms with Crippen LogP contribution in [0.25, 0.3) is 0 Å². The van der Waals surface area contributed by atoms with Gasteiger partial charge in [0.25, 0.3) is 0 Å². The normalized spacial score (nSPS) is 13.1. The summed E-state index contributed by atoms with van der Waals surface area (Å²) in [5, 5.41) is 8.63. The van der Waals surface area contributed by atoms with E-state index in [0.717, 1.165) is 11.8 Å². The van der Waals surface area contributed by atoms with Crippen LogP contribution in [-0.4, -0.2) is 5.11 Å². The molecular formula is C13H24O. The number of allylic oxidation sites excluding steroid dienone is 5. The van der Waals surface area contributed by atoms with Crippen molar-refractivity contribution in [2.24, 2.45) is 5.92 Å². The van der Waals surface area contributed by atoms with Crippen molar-refractivity contribution in [2.45, 2.75) is 41.5 Å². The average molecular weight is 196 g/mol. The highest BCUT2D eigenvalue weighted by atomic mass is 16.2. The molecule has 0 unspecified atom stereocenters. The predicted molar refractivity (Wildman–Crippen MR) is 65.5 cm³/mol. The van der Waals surface area contributed by atoms with Crippen LogP contribution in [0.4, 0.5) is 0 Å². The van der Waals surface area contributed by atoms with Crippen LogP contribution in [0.1, 0.15) is 41.5 Å². The van der Waals surface area contributed by atoms with Crippen LogP contribution in [0.5, 0.6) is 0 Å². The standard InChI is InChI=1S/C11H18O.C2H6/c1-5-11(9(2)3)7-6-10(4)8-12;1-2/h5-9,12H,1-4H3;1-2H3/b7-6-,10-8+,11-5+;. The van der Waals surface area contributed by atoms with E-state index in [1.54, 1.807) is 0 Å². The molecule has 0 aliphatic heterocycles. The fourth-order valence-corrected chi connectivity index (χ4v) is 0.893. The van der Waals surface area contributed by atoms with Gasteiger partial charge in [-0.1, -0.05) is 45.9 Å². The summed E-state index contributed by atoms with van der Waals surface area (Å²) in [6.07, 6.45) is 7.15. The van der Waals surface area contributed by atoms with Gasteiger partial charge in [-0.05, 0) is 30.9 Å².